The van der Waals surface area contributed by atoms with Crippen LogP contribution in [0.5, 0.6) is 0 Å². The molecule has 0 bridgehead atoms. The Balaban J connectivity index is 2.16. The van der Waals surface area contributed by atoms with Gasteiger partial charge in [0.1, 0.15) is 10.9 Å². The van der Waals surface area contributed by atoms with Crippen molar-refractivity contribution in [1.82, 2.24) is 14.5 Å². The molecule has 0 saturated heterocycles. The highest BCUT2D eigenvalue weighted by molar-refractivity contribution is 7.17. The summed E-state index contributed by atoms with van der Waals surface area (Å²) in [5.74, 6) is -0.643. The largest absolute Gasteiger partial charge is 0.461 e. The van der Waals surface area contributed by atoms with Gasteiger partial charge in [0.05, 0.1) is 12.3 Å². The quantitative estimate of drug-likeness (QED) is 0.758. The molecule has 1 atom stereocenters. The third kappa shape index (κ3) is 5.00. The molecule has 0 aliphatic heterocycles. The molecule has 2 heterocycles. The minimum Gasteiger partial charge on any atom is -0.461 e. The fourth-order valence-corrected chi connectivity index (χ4v) is 3.37. The molecule has 2 aromatic heterocycles. The van der Waals surface area contributed by atoms with E-state index in [1.165, 1.54) is 4.57 Å². The molecule has 146 valence electrons. The van der Waals surface area contributed by atoms with E-state index < -0.39 is 23.6 Å². The highest BCUT2D eigenvalue weighted by Crippen LogP contribution is 2.24. The average Bonchev–Trinajstić information content (AvgIpc) is 2.91. The smallest absolute Gasteiger partial charge is 0.350 e. The number of rotatable bonds is 6. The summed E-state index contributed by atoms with van der Waals surface area (Å²) in [6.07, 6.45) is 0. The lowest BCUT2D eigenvalue weighted by Gasteiger charge is -2.16. The molecule has 0 saturated carbocycles. The number of thiazole rings is 1. The summed E-state index contributed by atoms with van der Waals surface area (Å²) < 4.78 is 6.53. The van der Waals surface area contributed by atoms with Crippen molar-refractivity contribution in [1.29, 1.82) is 0 Å². The number of aromatic nitrogens is 3. The molecule has 8 nitrogen and oxygen atoms in total. The average molecular weight is 392 g/mol. The first-order valence-corrected chi connectivity index (χ1v) is 9.44. The van der Waals surface area contributed by atoms with Crippen LogP contribution in [0.25, 0.3) is 0 Å². The zero-order valence-electron chi connectivity index (χ0n) is 16.3. The minimum atomic E-state index is -0.772. The van der Waals surface area contributed by atoms with Gasteiger partial charge in [-0.05, 0) is 39.7 Å². The molecule has 1 N–H and O–H groups in total. The van der Waals surface area contributed by atoms with Crippen molar-refractivity contribution in [2.24, 2.45) is 5.92 Å². The van der Waals surface area contributed by atoms with Crippen LogP contribution >= 0.6 is 11.3 Å². The van der Waals surface area contributed by atoms with Crippen LogP contribution in [0.15, 0.2) is 10.9 Å². The van der Waals surface area contributed by atoms with Crippen molar-refractivity contribution in [2.75, 3.05) is 11.9 Å². The van der Waals surface area contributed by atoms with Gasteiger partial charge in [-0.3, -0.25) is 9.36 Å². The number of carbonyl (C=O) groups is 2. The van der Waals surface area contributed by atoms with E-state index in [0.29, 0.717) is 28.6 Å². The van der Waals surface area contributed by atoms with Crippen LogP contribution < -0.4 is 11.0 Å². The molecule has 0 spiro atoms. The van der Waals surface area contributed by atoms with Crippen LogP contribution in [0.2, 0.25) is 0 Å². The minimum absolute atomic E-state index is 0.229. The van der Waals surface area contributed by atoms with Gasteiger partial charge in [-0.15, -0.1) is 0 Å². The SMILES string of the molecule is Cc1cc(C)n(C(C)C(=O)Nc2nc(C)c(C(=O)OCC(C)C)s2)c(=O)n1. The summed E-state index contributed by atoms with van der Waals surface area (Å²) in [6, 6.07) is 0.966. The molecule has 0 aromatic carbocycles. The van der Waals surface area contributed by atoms with Crippen molar-refractivity contribution < 1.29 is 14.3 Å². The van der Waals surface area contributed by atoms with Crippen LogP contribution in [-0.4, -0.2) is 33.0 Å². The molecular weight excluding hydrogens is 368 g/mol. The van der Waals surface area contributed by atoms with Crippen LogP contribution in [0, 0.1) is 26.7 Å². The van der Waals surface area contributed by atoms with Gasteiger partial charge in [0.15, 0.2) is 5.13 Å². The normalized spacial score (nSPS) is 12.1. The van der Waals surface area contributed by atoms with Crippen LogP contribution in [0.3, 0.4) is 0 Å². The third-order valence-corrected chi connectivity index (χ3v) is 4.86. The van der Waals surface area contributed by atoms with Gasteiger partial charge in [-0.2, -0.15) is 4.98 Å². The van der Waals surface area contributed by atoms with E-state index in [0.717, 1.165) is 11.3 Å². The first-order chi connectivity index (χ1) is 12.6. The fourth-order valence-electron chi connectivity index (χ4n) is 2.51. The molecule has 0 radical (unpaired) electrons. The summed E-state index contributed by atoms with van der Waals surface area (Å²) in [4.78, 5) is 45.3. The van der Waals surface area contributed by atoms with Gasteiger partial charge in [0, 0.05) is 11.4 Å². The van der Waals surface area contributed by atoms with Crippen LogP contribution in [0.1, 0.15) is 53.6 Å². The Labute approximate surface area is 161 Å². The number of ether oxygens (including phenoxy) is 1. The Morgan fingerprint density at radius 3 is 2.48 bits per heavy atom. The van der Waals surface area contributed by atoms with E-state index in [-0.39, 0.29) is 11.0 Å². The monoisotopic (exact) mass is 392 g/mol. The predicted molar refractivity (Wildman–Crippen MR) is 103 cm³/mol. The maximum atomic E-state index is 12.6. The second-order valence-electron chi connectivity index (χ2n) is 6.78. The Bertz CT molecular complexity index is 917. The lowest BCUT2D eigenvalue weighted by molar-refractivity contribution is -0.118. The molecule has 1 amide bonds. The molecule has 0 aliphatic carbocycles. The number of aryl methyl sites for hydroxylation is 3. The number of anilines is 1. The highest BCUT2D eigenvalue weighted by atomic mass is 32.1. The van der Waals surface area contributed by atoms with E-state index >= 15 is 0 Å². The van der Waals surface area contributed by atoms with Gasteiger partial charge in [-0.1, -0.05) is 25.2 Å². The fraction of sp³-hybridized carbons (Fsp3) is 0.500. The first-order valence-electron chi connectivity index (χ1n) is 8.62. The number of amides is 1. The Kier molecular flexibility index (Phi) is 6.48. The van der Waals surface area contributed by atoms with Gasteiger partial charge in [0.2, 0.25) is 5.91 Å². The second-order valence-corrected chi connectivity index (χ2v) is 7.78. The van der Waals surface area contributed by atoms with Crippen LogP contribution in [-0.2, 0) is 9.53 Å². The van der Waals surface area contributed by atoms with Crippen LogP contribution in [0.4, 0.5) is 5.13 Å². The summed E-state index contributed by atoms with van der Waals surface area (Å²) in [6.45, 7) is 11.0. The second kappa shape index (κ2) is 8.43. The van der Waals surface area contributed by atoms with E-state index in [1.54, 1.807) is 33.8 Å². The van der Waals surface area contributed by atoms with Crippen molar-refractivity contribution in [3.63, 3.8) is 0 Å². The Morgan fingerprint density at radius 1 is 1.22 bits per heavy atom. The van der Waals surface area contributed by atoms with E-state index in [2.05, 4.69) is 15.3 Å². The predicted octanol–water partition coefficient (Wildman–Crippen LogP) is 2.64. The lowest BCUT2D eigenvalue weighted by Crippen LogP contribution is -2.34. The zero-order chi connectivity index (χ0) is 20.3. The molecule has 2 aromatic rings. The highest BCUT2D eigenvalue weighted by Gasteiger charge is 2.22. The summed E-state index contributed by atoms with van der Waals surface area (Å²) in [5.41, 5.74) is 1.25. The number of esters is 1. The van der Waals surface area contributed by atoms with E-state index in [4.69, 9.17) is 4.74 Å². The summed E-state index contributed by atoms with van der Waals surface area (Å²) >= 11 is 1.05. The van der Waals surface area contributed by atoms with Crippen molar-refractivity contribution in [3.8, 4) is 0 Å². The number of carbonyl (C=O) groups excluding carboxylic acids is 2. The zero-order valence-corrected chi connectivity index (χ0v) is 17.1. The molecule has 27 heavy (non-hydrogen) atoms. The van der Waals surface area contributed by atoms with Gasteiger partial charge in [-0.25, -0.2) is 14.6 Å². The van der Waals surface area contributed by atoms with E-state index in [9.17, 15) is 14.4 Å². The molecular formula is C18H24N4O4S. The molecule has 2 rings (SSSR count). The standard InChI is InChI=1S/C18H24N4O4S/c1-9(2)8-26-16(24)14-12(5)20-17(27-14)21-15(23)13(6)22-11(4)7-10(3)19-18(22)25/h7,9,13H,8H2,1-6H3,(H,20,21,23). The number of hydrogen-bond acceptors (Lipinski definition) is 7. The van der Waals surface area contributed by atoms with Gasteiger partial charge in [0.25, 0.3) is 0 Å². The summed E-state index contributed by atoms with van der Waals surface area (Å²) in [7, 11) is 0. The maximum Gasteiger partial charge on any atom is 0.350 e. The van der Waals surface area contributed by atoms with Crippen molar-refractivity contribution >= 4 is 28.3 Å². The number of nitrogens with zero attached hydrogens (tertiary/aromatic N) is 3. The van der Waals surface area contributed by atoms with Gasteiger partial charge < -0.3 is 10.1 Å². The van der Waals surface area contributed by atoms with Crippen molar-refractivity contribution in [3.05, 3.63) is 38.5 Å². The van der Waals surface area contributed by atoms with E-state index in [1.807, 2.05) is 13.8 Å². The maximum absolute atomic E-state index is 12.6. The molecule has 0 aliphatic rings. The first kappa shape index (κ1) is 20.8. The summed E-state index contributed by atoms with van der Waals surface area (Å²) in [5, 5.41) is 2.95. The van der Waals surface area contributed by atoms with Crippen molar-refractivity contribution in [2.45, 2.75) is 47.6 Å². The van der Waals surface area contributed by atoms with Gasteiger partial charge >= 0.3 is 11.7 Å². The molecule has 1 unspecified atom stereocenters. The third-order valence-electron chi connectivity index (χ3n) is 3.80. The molecule has 0 fully saturated rings. The lowest BCUT2D eigenvalue weighted by atomic mass is 10.2. The molecule has 9 heteroatoms. The number of nitrogens with one attached hydrogen (secondary N) is 1. The topological polar surface area (TPSA) is 103 Å². The Hall–Kier alpha value is -2.55. The number of hydrogen-bond donors (Lipinski definition) is 1. The Morgan fingerprint density at radius 2 is 1.89 bits per heavy atom.